The Kier molecular flexibility index (Phi) is 2.70. The Bertz CT molecular complexity index is 99.0. The van der Waals surface area contributed by atoms with Crippen LogP contribution in [0.1, 0.15) is 6.42 Å². The molecular weight excluding hydrogens is 156 g/mol. The van der Waals surface area contributed by atoms with E-state index in [1.54, 1.807) is 0 Å². The van der Waals surface area contributed by atoms with Crippen molar-refractivity contribution in [3.63, 3.8) is 0 Å². The van der Waals surface area contributed by atoms with Crippen molar-refractivity contribution in [3.05, 3.63) is 0 Å². The van der Waals surface area contributed by atoms with Gasteiger partial charge in [0.15, 0.2) is 0 Å². The van der Waals surface area contributed by atoms with Gasteiger partial charge in [-0.1, -0.05) is 0 Å². The lowest BCUT2D eigenvalue weighted by molar-refractivity contribution is 0.00472. The van der Waals surface area contributed by atoms with E-state index in [1.165, 1.54) is 0 Å². The van der Waals surface area contributed by atoms with Crippen LogP contribution in [0.25, 0.3) is 0 Å². The second kappa shape index (κ2) is 3.14. The summed E-state index contributed by atoms with van der Waals surface area (Å²) in [4.78, 5) is 0. The first kappa shape index (κ1) is 7.72. The zero-order valence-corrected chi connectivity index (χ0v) is 6.69. The third kappa shape index (κ3) is 2.04. The largest absolute Gasteiger partial charge is 0.392 e. The zero-order valence-electron chi connectivity index (χ0n) is 4.90. The number of aliphatic hydroxyl groups excluding tert-OH is 1. The molecule has 2 nitrogen and oxygen atoms in total. The molecular formula is C5H10O2S2. The van der Waals surface area contributed by atoms with Crippen molar-refractivity contribution in [1.29, 1.82) is 0 Å². The van der Waals surface area contributed by atoms with Crippen molar-refractivity contribution < 1.29 is 9.84 Å². The molecule has 0 aliphatic carbocycles. The molecule has 54 valence electrons. The van der Waals surface area contributed by atoms with Gasteiger partial charge in [-0.05, 0) is 0 Å². The summed E-state index contributed by atoms with van der Waals surface area (Å²) in [7, 11) is 0. The highest BCUT2D eigenvalue weighted by molar-refractivity contribution is 7.81. The molecule has 4 heteroatoms. The Hall–Kier alpha value is 0.620. The summed E-state index contributed by atoms with van der Waals surface area (Å²) in [6.07, 6.45) is 0.224. The minimum absolute atomic E-state index is 0.0339. The number of hydrogen-bond acceptors (Lipinski definition) is 4. The van der Waals surface area contributed by atoms with Crippen LogP contribution in [-0.2, 0) is 4.74 Å². The van der Waals surface area contributed by atoms with E-state index in [2.05, 4.69) is 25.3 Å². The van der Waals surface area contributed by atoms with Gasteiger partial charge < -0.3 is 9.84 Å². The highest BCUT2D eigenvalue weighted by Crippen LogP contribution is 2.19. The first-order chi connectivity index (χ1) is 4.20. The van der Waals surface area contributed by atoms with Gasteiger partial charge in [-0.3, -0.25) is 0 Å². The van der Waals surface area contributed by atoms with Gasteiger partial charge >= 0.3 is 0 Å². The summed E-state index contributed by atoms with van der Waals surface area (Å²) >= 11 is 8.13. The van der Waals surface area contributed by atoms with Gasteiger partial charge in [0.1, 0.15) is 5.44 Å². The number of aliphatic hydroxyl groups is 1. The first-order valence-electron chi connectivity index (χ1n) is 2.86. The lowest BCUT2D eigenvalue weighted by Gasteiger charge is -2.27. The van der Waals surface area contributed by atoms with Gasteiger partial charge in [-0.25, -0.2) is 0 Å². The molecule has 0 aromatic rings. The minimum atomic E-state index is -0.357. The van der Waals surface area contributed by atoms with Crippen LogP contribution in [0, 0.1) is 0 Å². The third-order valence-electron chi connectivity index (χ3n) is 1.35. The normalized spacial score (nSPS) is 45.0. The highest BCUT2D eigenvalue weighted by Gasteiger charge is 2.24. The van der Waals surface area contributed by atoms with Crippen molar-refractivity contribution >= 4 is 25.3 Å². The van der Waals surface area contributed by atoms with Crippen molar-refractivity contribution in [3.8, 4) is 0 Å². The summed E-state index contributed by atoms with van der Waals surface area (Å²) in [5.74, 6) is 0. The Balaban J connectivity index is 2.35. The zero-order chi connectivity index (χ0) is 6.85. The van der Waals surface area contributed by atoms with Crippen LogP contribution in [-0.4, -0.2) is 28.5 Å². The van der Waals surface area contributed by atoms with Crippen molar-refractivity contribution in [2.24, 2.45) is 0 Å². The monoisotopic (exact) mass is 166 g/mol. The van der Waals surface area contributed by atoms with Gasteiger partial charge in [0, 0.05) is 6.42 Å². The van der Waals surface area contributed by atoms with Gasteiger partial charge in [0.25, 0.3) is 0 Å². The van der Waals surface area contributed by atoms with Gasteiger partial charge in [-0.15, -0.1) is 12.6 Å². The van der Waals surface area contributed by atoms with Gasteiger partial charge in [0.2, 0.25) is 0 Å². The molecule has 3 atom stereocenters. The Morgan fingerprint density at radius 3 is 2.56 bits per heavy atom. The molecule has 1 heterocycles. The summed E-state index contributed by atoms with van der Waals surface area (Å²) < 4.78 is 5.09. The Morgan fingerprint density at radius 1 is 1.44 bits per heavy atom. The molecule has 1 N–H and O–H groups in total. The van der Waals surface area contributed by atoms with Crippen LogP contribution >= 0.6 is 25.3 Å². The maximum Gasteiger partial charge on any atom is 0.102 e. The highest BCUT2D eigenvalue weighted by atomic mass is 32.1. The van der Waals surface area contributed by atoms with E-state index in [9.17, 15) is 0 Å². The van der Waals surface area contributed by atoms with E-state index in [1.807, 2.05) is 0 Å². The summed E-state index contributed by atoms with van der Waals surface area (Å²) in [6.45, 7) is 0.498. The van der Waals surface area contributed by atoms with E-state index in [-0.39, 0.29) is 16.8 Å². The molecule has 0 bridgehead atoms. The standard InChI is InChI=1S/C5H10O2S2/c6-3-1-5(9)7-2-4(3)8/h3-6,8-9H,1-2H2. The lowest BCUT2D eigenvalue weighted by atomic mass is 10.1. The summed E-state index contributed by atoms with van der Waals surface area (Å²) in [5.41, 5.74) is -0.108. The van der Waals surface area contributed by atoms with E-state index in [0.717, 1.165) is 0 Å². The molecule has 0 aromatic carbocycles. The average Bonchev–Trinajstić information content (AvgIpc) is 1.80. The predicted molar refractivity (Wildman–Crippen MR) is 42.1 cm³/mol. The second-order valence-electron chi connectivity index (χ2n) is 2.16. The molecule has 1 rings (SSSR count). The van der Waals surface area contributed by atoms with Crippen LogP contribution in [0.4, 0.5) is 0 Å². The predicted octanol–water partition coefficient (Wildman–Crippen LogP) is 0.322. The molecule has 1 fully saturated rings. The van der Waals surface area contributed by atoms with Gasteiger partial charge in [0.05, 0.1) is 18.0 Å². The average molecular weight is 166 g/mol. The smallest absolute Gasteiger partial charge is 0.102 e. The molecule has 1 aliphatic rings. The van der Waals surface area contributed by atoms with Crippen molar-refractivity contribution in [2.45, 2.75) is 23.2 Å². The number of hydrogen-bond donors (Lipinski definition) is 3. The SMILES string of the molecule is OC1CC(S)OCC1S. The fraction of sp³-hybridized carbons (Fsp3) is 1.00. The molecule has 0 radical (unpaired) electrons. The van der Waals surface area contributed by atoms with E-state index in [4.69, 9.17) is 9.84 Å². The molecule has 1 saturated heterocycles. The molecule has 1 aliphatic heterocycles. The summed E-state index contributed by atoms with van der Waals surface area (Å²) in [6, 6.07) is 0. The lowest BCUT2D eigenvalue weighted by Crippen LogP contribution is -2.35. The molecule has 9 heavy (non-hydrogen) atoms. The topological polar surface area (TPSA) is 29.5 Å². The minimum Gasteiger partial charge on any atom is -0.392 e. The van der Waals surface area contributed by atoms with E-state index in [0.29, 0.717) is 13.0 Å². The van der Waals surface area contributed by atoms with Crippen LogP contribution in [0.2, 0.25) is 0 Å². The molecule has 0 spiro atoms. The van der Waals surface area contributed by atoms with Crippen molar-refractivity contribution in [2.75, 3.05) is 6.61 Å². The van der Waals surface area contributed by atoms with Crippen LogP contribution in [0.3, 0.4) is 0 Å². The van der Waals surface area contributed by atoms with Crippen LogP contribution in [0.15, 0.2) is 0 Å². The van der Waals surface area contributed by atoms with Crippen LogP contribution in [0.5, 0.6) is 0 Å². The van der Waals surface area contributed by atoms with Crippen LogP contribution < -0.4 is 0 Å². The number of rotatable bonds is 0. The second-order valence-corrected chi connectivity index (χ2v) is 3.40. The quantitative estimate of drug-likeness (QED) is 0.453. The summed E-state index contributed by atoms with van der Waals surface area (Å²) in [5, 5.41) is 9.11. The number of ether oxygens (including phenoxy) is 1. The first-order valence-corrected chi connectivity index (χ1v) is 3.89. The Labute approximate surface area is 65.4 Å². The molecule has 3 unspecified atom stereocenters. The fourth-order valence-electron chi connectivity index (χ4n) is 0.752. The molecule has 0 amide bonds. The maximum absolute atomic E-state index is 9.14. The maximum atomic E-state index is 9.14. The fourth-order valence-corrected chi connectivity index (χ4v) is 1.26. The van der Waals surface area contributed by atoms with Crippen molar-refractivity contribution in [1.82, 2.24) is 0 Å². The third-order valence-corrected chi connectivity index (χ3v) is 2.20. The van der Waals surface area contributed by atoms with Gasteiger partial charge in [-0.2, -0.15) is 12.6 Å². The van der Waals surface area contributed by atoms with E-state index >= 15 is 0 Å². The molecule has 0 aromatic heterocycles. The Morgan fingerprint density at radius 2 is 2.11 bits per heavy atom. The number of thiol groups is 2. The van der Waals surface area contributed by atoms with E-state index < -0.39 is 0 Å². The molecule has 0 saturated carbocycles.